The summed E-state index contributed by atoms with van der Waals surface area (Å²) in [4.78, 5) is 2.44. The SMILES string of the molecule is c1ccc2c(c1)cc(N(c1cc3ccccc3c3ccccc13)c1cccc3c1oc1c4ccccc4ccc31)c1ccccc12. The van der Waals surface area contributed by atoms with Crippen LogP contribution in [0.25, 0.3) is 75.8 Å². The minimum Gasteiger partial charge on any atom is -0.453 e. The minimum absolute atomic E-state index is 0.878. The van der Waals surface area contributed by atoms with Crippen LogP contribution in [0.2, 0.25) is 0 Å². The van der Waals surface area contributed by atoms with Crippen LogP contribution in [0.3, 0.4) is 0 Å². The zero-order valence-electron chi connectivity index (χ0n) is 24.9. The number of benzene rings is 9. The van der Waals surface area contributed by atoms with Crippen molar-refractivity contribution in [3.05, 3.63) is 164 Å². The molecule has 2 heteroatoms. The molecule has 1 heterocycles. The predicted molar refractivity (Wildman–Crippen MR) is 196 cm³/mol. The molecule has 0 saturated heterocycles. The van der Waals surface area contributed by atoms with Crippen molar-refractivity contribution in [2.45, 2.75) is 0 Å². The Morgan fingerprint density at radius 3 is 1.35 bits per heavy atom. The Labute approximate surface area is 265 Å². The van der Waals surface area contributed by atoms with Crippen LogP contribution in [-0.2, 0) is 0 Å². The van der Waals surface area contributed by atoms with Gasteiger partial charge in [-0.15, -0.1) is 0 Å². The van der Waals surface area contributed by atoms with Crippen LogP contribution in [0, 0.1) is 0 Å². The predicted octanol–water partition coefficient (Wildman–Crippen LogP) is 12.8. The molecular formula is C44H27NO. The van der Waals surface area contributed by atoms with Crippen molar-refractivity contribution in [2.24, 2.45) is 0 Å². The molecule has 1 aromatic heterocycles. The Bertz CT molecular complexity index is 2710. The van der Waals surface area contributed by atoms with E-state index in [0.717, 1.165) is 44.4 Å². The maximum absolute atomic E-state index is 6.98. The van der Waals surface area contributed by atoms with E-state index in [9.17, 15) is 0 Å². The molecule has 0 saturated carbocycles. The van der Waals surface area contributed by atoms with E-state index in [1.54, 1.807) is 0 Å². The number of nitrogens with zero attached hydrogens (tertiary/aromatic N) is 1. The van der Waals surface area contributed by atoms with Gasteiger partial charge in [-0.1, -0.05) is 140 Å². The number of rotatable bonds is 3. The lowest BCUT2D eigenvalue weighted by atomic mass is 9.96. The summed E-state index contributed by atoms with van der Waals surface area (Å²) in [5.74, 6) is 0. The van der Waals surface area contributed by atoms with Crippen molar-refractivity contribution in [1.29, 1.82) is 0 Å². The molecule has 0 unspecified atom stereocenters. The maximum atomic E-state index is 6.98. The van der Waals surface area contributed by atoms with E-state index in [1.165, 1.54) is 48.5 Å². The first-order valence-corrected chi connectivity index (χ1v) is 15.8. The molecule has 0 atom stereocenters. The fourth-order valence-electron chi connectivity index (χ4n) is 7.52. The Hall–Kier alpha value is -6.12. The molecule has 46 heavy (non-hydrogen) atoms. The monoisotopic (exact) mass is 585 g/mol. The van der Waals surface area contributed by atoms with Gasteiger partial charge in [0, 0.05) is 26.9 Å². The van der Waals surface area contributed by atoms with Crippen LogP contribution < -0.4 is 4.90 Å². The second-order valence-corrected chi connectivity index (χ2v) is 12.1. The highest BCUT2D eigenvalue weighted by molar-refractivity contribution is 6.22. The summed E-state index contributed by atoms with van der Waals surface area (Å²) in [6, 6.07) is 59.1. The van der Waals surface area contributed by atoms with Gasteiger partial charge < -0.3 is 9.32 Å². The number of hydrogen-bond acceptors (Lipinski definition) is 2. The number of furan rings is 1. The number of hydrogen-bond donors (Lipinski definition) is 0. The molecule has 0 bridgehead atoms. The van der Waals surface area contributed by atoms with Crippen LogP contribution in [-0.4, -0.2) is 0 Å². The summed E-state index contributed by atoms with van der Waals surface area (Å²) in [6.45, 7) is 0. The Morgan fingerprint density at radius 1 is 0.283 bits per heavy atom. The smallest absolute Gasteiger partial charge is 0.159 e. The number of anilines is 3. The van der Waals surface area contributed by atoms with Crippen molar-refractivity contribution in [3.8, 4) is 0 Å². The lowest BCUT2D eigenvalue weighted by Gasteiger charge is -2.29. The normalized spacial score (nSPS) is 11.9. The summed E-state index contributed by atoms with van der Waals surface area (Å²) in [5.41, 5.74) is 5.05. The van der Waals surface area contributed by atoms with Crippen LogP contribution in [0.4, 0.5) is 17.1 Å². The van der Waals surface area contributed by atoms with Gasteiger partial charge in [-0.2, -0.15) is 0 Å². The first-order valence-electron chi connectivity index (χ1n) is 15.8. The topological polar surface area (TPSA) is 16.4 Å². The summed E-state index contributed by atoms with van der Waals surface area (Å²) in [7, 11) is 0. The third kappa shape index (κ3) is 3.59. The van der Waals surface area contributed by atoms with Gasteiger partial charge in [-0.05, 0) is 62.0 Å². The summed E-state index contributed by atoms with van der Waals surface area (Å²) in [5, 5.41) is 14.3. The van der Waals surface area contributed by atoms with Crippen LogP contribution >= 0.6 is 0 Å². The van der Waals surface area contributed by atoms with Crippen molar-refractivity contribution in [2.75, 3.05) is 4.90 Å². The van der Waals surface area contributed by atoms with E-state index in [0.29, 0.717) is 0 Å². The van der Waals surface area contributed by atoms with Crippen molar-refractivity contribution >= 4 is 92.9 Å². The van der Waals surface area contributed by atoms with Crippen LogP contribution in [0.1, 0.15) is 0 Å². The fraction of sp³-hybridized carbons (Fsp3) is 0. The van der Waals surface area contributed by atoms with E-state index in [1.807, 2.05) is 0 Å². The first-order chi connectivity index (χ1) is 22.8. The molecule has 0 aliphatic rings. The molecule has 0 N–H and O–H groups in total. The largest absolute Gasteiger partial charge is 0.453 e. The van der Waals surface area contributed by atoms with Gasteiger partial charge in [0.25, 0.3) is 0 Å². The second-order valence-electron chi connectivity index (χ2n) is 12.1. The van der Waals surface area contributed by atoms with Gasteiger partial charge in [0.15, 0.2) is 5.58 Å². The molecule has 10 rings (SSSR count). The minimum atomic E-state index is 0.878. The van der Waals surface area contributed by atoms with E-state index in [4.69, 9.17) is 4.42 Å². The molecule has 0 radical (unpaired) electrons. The molecule has 2 nitrogen and oxygen atoms in total. The lowest BCUT2D eigenvalue weighted by molar-refractivity contribution is 0.673. The Morgan fingerprint density at radius 2 is 0.739 bits per heavy atom. The van der Waals surface area contributed by atoms with Crippen molar-refractivity contribution in [1.82, 2.24) is 0 Å². The lowest BCUT2D eigenvalue weighted by Crippen LogP contribution is -2.11. The second kappa shape index (κ2) is 9.69. The number of para-hydroxylation sites is 1. The molecule has 0 amide bonds. The molecule has 9 aromatic carbocycles. The highest BCUT2D eigenvalue weighted by Gasteiger charge is 2.24. The van der Waals surface area contributed by atoms with Gasteiger partial charge in [-0.3, -0.25) is 0 Å². The average molecular weight is 586 g/mol. The average Bonchev–Trinajstić information content (AvgIpc) is 3.52. The van der Waals surface area contributed by atoms with E-state index in [-0.39, 0.29) is 0 Å². The van der Waals surface area contributed by atoms with Crippen LogP contribution in [0.15, 0.2) is 168 Å². The van der Waals surface area contributed by atoms with Gasteiger partial charge in [-0.25, -0.2) is 0 Å². The summed E-state index contributed by atoms with van der Waals surface area (Å²) in [6.07, 6.45) is 0. The quantitative estimate of drug-likeness (QED) is 0.192. The van der Waals surface area contributed by atoms with Gasteiger partial charge in [0.1, 0.15) is 5.58 Å². The maximum Gasteiger partial charge on any atom is 0.159 e. The molecule has 0 spiro atoms. The van der Waals surface area contributed by atoms with E-state index < -0.39 is 0 Å². The summed E-state index contributed by atoms with van der Waals surface area (Å²) >= 11 is 0. The third-order valence-electron chi connectivity index (χ3n) is 9.58. The molecule has 0 fully saturated rings. The number of fused-ring (bicyclic) bond motifs is 11. The van der Waals surface area contributed by atoms with Gasteiger partial charge >= 0.3 is 0 Å². The highest BCUT2D eigenvalue weighted by atomic mass is 16.3. The first kappa shape index (κ1) is 25.2. The van der Waals surface area contributed by atoms with Crippen LogP contribution in [0.5, 0.6) is 0 Å². The molecule has 214 valence electrons. The van der Waals surface area contributed by atoms with E-state index in [2.05, 4.69) is 169 Å². The molecule has 0 aliphatic heterocycles. The standard InChI is InChI=1S/C44H27NO/c1-6-17-33-28(12-1)24-25-39-38-22-11-23-40(44(38)46-43(33)39)45(41-26-29-13-2-4-15-31(29)34-18-7-9-20-36(34)41)42-27-30-14-3-5-16-32(30)35-19-8-10-21-37(35)42/h1-27H. The summed E-state index contributed by atoms with van der Waals surface area (Å²) < 4.78 is 6.98. The molecular weight excluding hydrogens is 558 g/mol. The third-order valence-corrected chi connectivity index (χ3v) is 9.58. The van der Waals surface area contributed by atoms with E-state index >= 15 is 0 Å². The Balaban J connectivity index is 1.39. The van der Waals surface area contributed by atoms with Crippen molar-refractivity contribution < 1.29 is 4.42 Å². The van der Waals surface area contributed by atoms with Crippen molar-refractivity contribution in [3.63, 3.8) is 0 Å². The zero-order valence-corrected chi connectivity index (χ0v) is 24.9. The fourth-order valence-corrected chi connectivity index (χ4v) is 7.52. The van der Waals surface area contributed by atoms with Gasteiger partial charge in [0.05, 0.1) is 17.1 Å². The zero-order chi connectivity index (χ0) is 30.2. The van der Waals surface area contributed by atoms with Gasteiger partial charge in [0.2, 0.25) is 0 Å². The Kier molecular flexibility index (Phi) is 5.31. The molecule has 10 aromatic rings. The highest BCUT2D eigenvalue weighted by Crippen LogP contribution is 2.49. The molecule has 0 aliphatic carbocycles.